The molecule has 9 nitrogen and oxygen atoms in total. The first-order valence-electron chi connectivity index (χ1n) is 9.14. The van der Waals surface area contributed by atoms with E-state index in [4.69, 9.17) is 14.2 Å². The second-order valence-corrected chi connectivity index (χ2v) is 8.57. The summed E-state index contributed by atoms with van der Waals surface area (Å²) in [5, 5.41) is 2.56. The maximum Gasteiger partial charge on any atom is 0.309 e. The van der Waals surface area contributed by atoms with E-state index in [2.05, 4.69) is 5.32 Å². The molecular formula is C18H24N2O7S. The number of esters is 1. The highest BCUT2D eigenvalue weighted by atomic mass is 32.2. The lowest BCUT2D eigenvalue weighted by Crippen LogP contribution is -2.40. The zero-order chi connectivity index (χ0) is 20.1. The van der Waals surface area contributed by atoms with E-state index in [1.807, 2.05) is 0 Å². The molecule has 0 radical (unpaired) electrons. The molecule has 0 bridgehead atoms. The lowest BCUT2D eigenvalue weighted by Gasteiger charge is -2.26. The number of carbonyl (C=O) groups is 2. The molecule has 1 amide bonds. The van der Waals surface area contributed by atoms with Crippen molar-refractivity contribution in [2.75, 3.05) is 45.3 Å². The molecule has 2 aliphatic rings. The maximum absolute atomic E-state index is 12.9. The third kappa shape index (κ3) is 4.62. The molecule has 2 fully saturated rings. The smallest absolute Gasteiger partial charge is 0.309 e. The Labute approximate surface area is 164 Å². The standard InChI is InChI=1S/C18H24N2O7S/c1-25-15-6-5-14(19-17(21)12-27-18(22)13-3-2-4-13)11-16(15)28(23,24)20-7-9-26-10-8-20/h5-6,11,13H,2-4,7-10,12H2,1H3,(H,19,21). The van der Waals surface area contributed by atoms with Gasteiger partial charge in [0, 0.05) is 18.8 Å². The summed E-state index contributed by atoms with van der Waals surface area (Å²) < 4.78 is 42.6. The highest BCUT2D eigenvalue weighted by Crippen LogP contribution is 2.30. The molecule has 0 atom stereocenters. The number of anilines is 1. The summed E-state index contributed by atoms with van der Waals surface area (Å²) in [7, 11) is -2.42. The van der Waals surface area contributed by atoms with Gasteiger partial charge in [-0.1, -0.05) is 6.42 Å². The topological polar surface area (TPSA) is 111 Å². The summed E-state index contributed by atoms with van der Waals surface area (Å²) in [6.07, 6.45) is 2.58. The Balaban J connectivity index is 1.69. The Morgan fingerprint density at radius 3 is 2.57 bits per heavy atom. The van der Waals surface area contributed by atoms with Gasteiger partial charge in [0.25, 0.3) is 5.91 Å². The molecule has 28 heavy (non-hydrogen) atoms. The number of ether oxygens (including phenoxy) is 3. The molecule has 1 heterocycles. The van der Waals surface area contributed by atoms with Crippen molar-refractivity contribution < 1.29 is 32.2 Å². The van der Waals surface area contributed by atoms with Gasteiger partial charge in [0.05, 0.1) is 26.2 Å². The summed E-state index contributed by atoms with van der Waals surface area (Å²) >= 11 is 0. The Kier molecular flexibility index (Phi) is 6.53. The summed E-state index contributed by atoms with van der Waals surface area (Å²) in [5.74, 6) is -0.834. The van der Waals surface area contributed by atoms with Crippen LogP contribution in [0, 0.1) is 5.92 Å². The molecule has 1 aromatic carbocycles. The van der Waals surface area contributed by atoms with Gasteiger partial charge in [-0.3, -0.25) is 9.59 Å². The minimum atomic E-state index is -3.80. The molecule has 1 saturated heterocycles. The Morgan fingerprint density at radius 1 is 1.25 bits per heavy atom. The monoisotopic (exact) mass is 412 g/mol. The minimum Gasteiger partial charge on any atom is -0.495 e. The van der Waals surface area contributed by atoms with Crippen molar-refractivity contribution in [2.24, 2.45) is 5.92 Å². The highest BCUT2D eigenvalue weighted by Gasteiger charge is 2.30. The summed E-state index contributed by atoms with van der Waals surface area (Å²) in [6, 6.07) is 4.35. The quantitative estimate of drug-likeness (QED) is 0.665. The van der Waals surface area contributed by atoms with Crippen molar-refractivity contribution in [3.63, 3.8) is 0 Å². The van der Waals surface area contributed by atoms with E-state index < -0.39 is 22.5 Å². The number of sulfonamides is 1. The fraction of sp³-hybridized carbons (Fsp3) is 0.556. The highest BCUT2D eigenvalue weighted by molar-refractivity contribution is 7.89. The third-order valence-corrected chi connectivity index (χ3v) is 6.74. The number of amides is 1. The van der Waals surface area contributed by atoms with Crippen LogP contribution in [0.3, 0.4) is 0 Å². The van der Waals surface area contributed by atoms with E-state index in [9.17, 15) is 18.0 Å². The zero-order valence-corrected chi connectivity index (χ0v) is 16.5. The number of benzene rings is 1. The molecule has 1 aliphatic heterocycles. The molecule has 154 valence electrons. The van der Waals surface area contributed by atoms with Crippen molar-refractivity contribution in [1.29, 1.82) is 0 Å². The van der Waals surface area contributed by atoms with Crippen LogP contribution in [-0.4, -0.2) is 64.6 Å². The zero-order valence-electron chi connectivity index (χ0n) is 15.7. The van der Waals surface area contributed by atoms with Crippen LogP contribution in [0.1, 0.15) is 19.3 Å². The molecule has 1 N–H and O–H groups in total. The van der Waals surface area contributed by atoms with E-state index >= 15 is 0 Å². The second kappa shape index (κ2) is 8.89. The van der Waals surface area contributed by atoms with Crippen LogP contribution in [0.25, 0.3) is 0 Å². The Bertz CT molecular complexity index is 830. The van der Waals surface area contributed by atoms with Gasteiger partial charge in [0.2, 0.25) is 10.0 Å². The van der Waals surface area contributed by atoms with Crippen molar-refractivity contribution in [3.8, 4) is 5.75 Å². The molecule has 0 aromatic heterocycles. The number of morpholine rings is 1. The van der Waals surface area contributed by atoms with Gasteiger partial charge in [0.1, 0.15) is 10.6 Å². The number of hydrogen-bond donors (Lipinski definition) is 1. The SMILES string of the molecule is COc1ccc(NC(=O)COC(=O)C2CCC2)cc1S(=O)(=O)N1CCOCC1. The molecule has 0 spiro atoms. The van der Waals surface area contributed by atoms with Crippen LogP contribution in [0.2, 0.25) is 0 Å². The number of carbonyl (C=O) groups excluding carboxylic acids is 2. The van der Waals surface area contributed by atoms with E-state index in [-0.39, 0.29) is 41.3 Å². The minimum absolute atomic E-state index is 0.0406. The predicted octanol–water partition coefficient (Wildman–Crippen LogP) is 0.998. The van der Waals surface area contributed by atoms with Crippen LogP contribution >= 0.6 is 0 Å². The largest absolute Gasteiger partial charge is 0.495 e. The first-order chi connectivity index (χ1) is 13.4. The molecule has 3 rings (SSSR count). The number of rotatable bonds is 7. The molecule has 0 unspecified atom stereocenters. The van der Waals surface area contributed by atoms with E-state index in [0.29, 0.717) is 13.2 Å². The number of nitrogens with zero attached hydrogens (tertiary/aromatic N) is 1. The van der Waals surface area contributed by atoms with Crippen LogP contribution in [0.4, 0.5) is 5.69 Å². The molecule has 10 heteroatoms. The summed E-state index contributed by atoms with van der Waals surface area (Å²) in [5.41, 5.74) is 0.275. The fourth-order valence-electron chi connectivity index (χ4n) is 2.98. The van der Waals surface area contributed by atoms with Gasteiger partial charge in [-0.15, -0.1) is 0 Å². The summed E-state index contributed by atoms with van der Waals surface area (Å²) in [4.78, 5) is 23.7. The van der Waals surface area contributed by atoms with Crippen LogP contribution < -0.4 is 10.1 Å². The van der Waals surface area contributed by atoms with Gasteiger partial charge in [0.15, 0.2) is 6.61 Å². The first kappa shape index (κ1) is 20.6. The maximum atomic E-state index is 12.9. The molecular weight excluding hydrogens is 388 g/mol. The summed E-state index contributed by atoms with van der Waals surface area (Å²) in [6.45, 7) is 0.736. The molecule has 1 saturated carbocycles. The lowest BCUT2D eigenvalue weighted by molar-refractivity contribution is -0.154. The second-order valence-electron chi connectivity index (χ2n) is 6.67. The van der Waals surface area contributed by atoms with E-state index in [1.54, 1.807) is 0 Å². The fourth-order valence-corrected chi connectivity index (χ4v) is 4.57. The van der Waals surface area contributed by atoms with Crippen molar-refractivity contribution in [3.05, 3.63) is 18.2 Å². The molecule has 1 aromatic rings. The van der Waals surface area contributed by atoms with Gasteiger partial charge < -0.3 is 19.5 Å². The number of methoxy groups -OCH3 is 1. The number of nitrogens with one attached hydrogen (secondary N) is 1. The van der Waals surface area contributed by atoms with Gasteiger partial charge in [-0.05, 0) is 31.0 Å². The van der Waals surface area contributed by atoms with Crippen LogP contribution in [0.15, 0.2) is 23.1 Å². The Hall–Kier alpha value is -2.17. The molecule has 1 aliphatic carbocycles. The third-order valence-electron chi connectivity index (χ3n) is 4.82. The Morgan fingerprint density at radius 2 is 1.96 bits per heavy atom. The van der Waals surface area contributed by atoms with Gasteiger partial charge in [-0.25, -0.2) is 8.42 Å². The van der Waals surface area contributed by atoms with E-state index in [0.717, 1.165) is 19.3 Å². The van der Waals surface area contributed by atoms with Crippen LogP contribution in [0.5, 0.6) is 5.75 Å². The van der Waals surface area contributed by atoms with Gasteiger partial charge >= 0.3 is 5.97 Å². The number of hydrogen-bond acceptors (Lipinski definition) is 7. The van der Waals surface area contributed by atoms with Crippen molar-refractivity contribution >= 4 is 27.6 Å². The van der Waals surface area contributed by atoms with Crippen molar-refractivity contribution in [1.82, 2.24) is 4.31 Å². The average Bonchev–Trinajstić information content (AvgIpc) is 2.65. The van der Waals surface area contributed by atoms with Gasteiger partial charge in [-0.2, -0.15) is 4.31 Å². The lowest BCUT2D eigenvalue weighted by atomic mass is 9.86. The predicted molar refractivity (Wildman–Crippen MR) is 99.5 cm³/mol. The van der Waals surface area contributed by atoms with E-state index in [1.165, 1.54) is 29.6 Å². The normalized spacial score (nSPS) is 18.2. The van der Waals surface area contributed by atoms with Crippen LogP contribution in [-0.2, 0) is 29.1 Å². The van der Waals surface area contributed by atoms with Crippen molar-refractivity contribution in [2.45, 2.75) is 24.2 Å². The average molecular weight is 412 g/mol. The first-order valence-corrected chi connectivity index (χ1v) is 10.6.